The number of aliphatic hydroxyl groups is 1. The standard InChI is InChI=1S/C33H47ClN2O10/c1-4-40-22-42-28-18-25-17-26(35-44-21-30(37)36-15-7-6-8-16-36)12-10-14-27(46-31(38)20-34)13-9-11-24(3)45-33(39)32(25)29(19-28)43-23-41-5-2/h9-10,12-13,18-19,24,27,30,37H,4-8,11,14-17,20-23H2,1-3H3/b12-10+,13-9+,35-26-/t24-,27-,30?/m1/s1. The van der Waals surface area contributed by atoms with E-state index < -0.39 is 30.4 Å². The Bertz CT molecular complexity index is 1190. The molecule has 3 rings (SSSR count). The molecule has 1 aromatic carbocycles. The Kier molecular flexibility index (Phi) is 16.9. The number of cyclic esters (lactones) is 1. The SMILES string of the molecule is CCOCOc1cc2c(c(OCOCC)c1)C(=O)O[C@H](C)C/C=C/[C@@H](OC(=O)CCl)C/C=C/C(=N/OCC(O)N1CCCCC1)C2. The van der Waals surface area contributed by atoms with Gasteiger partial charge in [0.15, 0.2) is 20.2 Å². The van der Waals surface area contributed by atoms with Crippen molar-refractivity contribution in [2.24, 2.45) is 5.16 Å². The predicted molar refractivity (Wildman–Crippen MR) is 172 cm³/mol. The first-order chi connectivity index (χ1) is 22.3. The van der Waals surface area contributed by atoms with Gasteiger partial charge in [0.2, 0.25) is 0 Å². The number of ether oxygens (including phenoxy) is 6. The highest BCUT2D eigenvalue weighted by molar-refractivity contribution is 6.26. The van der Waals surface area contributed by atoms with Crippen LogP contribution in [0.1, 0.15) is 68.8 Å². The van der Waals surface area contributed by atoms with Crippen LogP contribution in [0.4, 0.5) is 0 Å². The number of hydrogen-bond acceptors (Lipinski definition) is 12. The first kappa shape index (κ1) is 37.3. The van der Waals surface area contributed by atoms with E-state index in [0.717, 1.165) is 32.4 Å². The number of alkyl halides is 1. The second-order valence-corrected chi connectivity index (χ2v) is 11.0. The van der Waals surface area contributed by atoms with Crippen molar-refractivity contribution in [3.8, 4) is 11.5 Å². The maximum Gasteiger partial charge on any atom is 0.342 e. The van der Waals surface area contributed by atoms with Gasteiger partial charge in [-0.15, -0.1) is 11.6 Å². The van der Waals surface area contributed by atoms with Crippen molar-refractivity contribution < 1.29 is 48.0 Å². The van der Waals surface area contributed by atoms with E-state index in [1.165, 1.54) is 0 Å². The van der Waals surface area contributed by atoms with Crippen molar-refractivity contribution in [3.63, 3.8) is 0 Å². The minimum Gasteiger partial charge on any atom is -0.467 e. The van der Waals surface area contributed by atoms with Crippen LogP contribution in [0, 0.1) is 0 Å². The smallest absolute Gasteiger partial charge is 0.342 e. The van der Waals surface area contributed by atoms with Crippen molar-refractivity contribution >= 4 is 29.3 Å². The lowest BCUT2D eigenvalue weighted by Gasteiger charge is -2.30. The molecule has 0 amide bonds. The third-order valence-electron chi connectivity index (χ3n) is 7.16. The summed E-state index contributed by atoms with van der Waals surface area (Å²) in [6, 6.07) is 3.30. The number of carbonyl (C=O) groups is 2. The Morgan fingerprint density at radius 1 is 1.09 bits per heavy atom. The van der Waals surface area contributed by atoms with Crippen LogP contribution >= 0.6 is 11.6 Å². The minimum atomic E-state index is -0.808. The first-order valence-electron chi connectivity index (χ1n) is 15.8. The monoisotopic (exact) mass is 666 g/mol. The van der Waals surface area contributed by atoms with Gasteiger partial charge >= 0.3 is 11.9 Å². The van der Waals surface area contributed by atoms with Gasteiger partial charge < -0.3 is 38.4 Å². The zero-order valence-corrected chi connectivity index (χ0v) is 27.7. The van der Waals surface area contributed by atoms with Crippen molar-refractivity contribution in [3.05, 3.63) is 47.6 Å². The number of hydrogen-bond donors (Lipinski definition) is 1. The molecule has 1 fully saturated rings. The quantitative estimate of drug-likeness (QED) is 0.0736. The number of likely N-dealkylation sites (tertiary alicyclic amines) is 1. The van der Waals surface area contributed by atoms with E-state index in [0.29, 0.717) is 43.1 Å². The predicted octanol–water partition coefficient (Wildman–Crippen LogP) is 4.75. The molecule has 3 atom stereocenters. The third-order valence-corrected chi connectivity index (χ3v) is 7.38. The van der Waals surface area contributed by atoms with E-state index in [2.05, 4.69) is 5.16 Å². The number of aliphatic hydroxyl groups excluding tert-OH is 1. The molecule has 1 saturated heterocycles. The number of esters is 2. The fourth-order valence-electron chi connectivity index (χ4n) is 4.84. The minimum absolute atomic E-state index is 0.00520. The van der Waals surface area contributed by atoms with Gasteiger partial charge in [-0.2, -0.15) is 0 Å². The number of carbonyl (C=O) groups excluding carboxylic acids is 2. The number of oxime groups is 1. The molecule has 12 nitrogen and oxygen atoms in total. The highest BCUT2D eigenvalue weighted by Crippen LogP contribution is 2.32. The number of halogens is 1. The van der Waals surface area contributed by atoms with E-state index in [1.807, 2.05) is 18.7 Å². The highest BCUT2D eigenvalue weighted by atomic mass is 35.5. The Morgan fingerprint density at radius 3 is 2.54 bits per heavy atom. The molecular formula is C33H47ClN2O10. The third kappa shape index (κ3) is 12.9. The molecule has 2 aliphatic heterocycles. The lowest BCUT2D eigenvalue weighted by Crippen LogP contribution is -2.41. The number of allylic oxidation sites excluding steroid dienone is 1. The lowest BCUT2D eigenvalue weighted by atomic mass is 9.99. The van der Waals surface area contributed by atoms with Crippen molar-refractivity contribution in [2.45, 2.75) is 77.7 Å². The van der Waals surface area contributed by atoms with E-state index in [9.17, 15) is 14.7 Å². The fourth-order valence-corrected chi connectivity index (χ4v) is 4.90. The molecule has 1 N–H and O–H groups in total. The van der Waals surface area contributed by atoms with E-state index >= 15 is 0 Å². The average molecular weight is 667 g/mol. The molecule has 0 spiro atoms. The normalized spacial score (nSPS) is 22.5. The molecule has 2 heterocycles. The van der Waals surface area contributed by atoms with E-state index in [4.69, 9.17) is 44.9 Å². The van der Waals surface area contributed by atoms with Crippen LogP contribution in [0.5, 0.6) is 11.5 Å². The zero-order chi connectivity index (χ0) is 33.1. The summed E-state index contributed by atoms with van der Waals surface area (Å²) in [4.78, 5) is 33.3. The average Bonchev–Trinajstić information content (AvgIpc) is 3.04. The summed E-state index contributed by atoms with van der Waals surface area (Å²) in [6.07, 6.45) is 9.13. The van der Waals surface area contributed by atoms with Gasteiger partial charge in [-0.05, 0) is 57.4 Å². The van der Waals surface area contributed by atoms with Crippen LogP contribution in [-0.2, 0) is 35.0 Å². The summed E-state index contributed by atoms with van der Waals surface area (Å²) < 4.78 is 33.8. The van der Waals surface area contributed by atoms with Crippen LogP contribution in [0.3, 0.4) is 0 Å². The largest absolute Gasteiger partial charge is 0.467 e. The maximum atomic E-state index is 13.7. The Labute approximate surface area is 276 Å². The van der Waals surface area contributed by atoms with Crippen molar-refractivity contribution in [2.75, 3.05) is 52.4 Å². The van der Waals surface area contributed by atoms with Gasteiger partial charge in [0, 0.05) is 51.6 Å². The summed E-state index contributed by atoms with van der Waals surface area (Å²) in [5, 5.41) is 15.0. The first-order valence-corrected chi connectivity index (χ1v) is 16.4. The topological polar surface area (TPSA) is 135 Å². The van der Waals surface area contributed by atoms with Crippen LogP contribution in [0.25, 0.3) is 0 Å². The number of benzene rings is 1. The van der Waals surface area contributed by atoms with Crippen LogP contribution in [0.2, 0.25) is 0 Å². The number of nitrogens with zero attached hydrogens (tertiary/aromatic N) is 2. The second kappa shape index (κ2) is 20.9. The maximum absolute atomic E-state index is 13.7. The lowest BCUT2D eigenvalue weighted by molar-refractivity contribution is -0.143. The molecular weight excluding hydrogens is 620 g/mol. The van der Waals surface area contributed by atoms with Crippen molar-refractivity contribution in [1.82, 2.24) is 4.90 Å². The van der Waals surface area contributed by atoms with Gasteiger partial charge in [0.1, 0.15) is 41.4 Å². The summed E-state index contributed by atoms with van der Waals surface area (Å²) >= 11 is 5.67. The fraction of sp³-hybridized carbons (Fsp3) is 0.606. The van der Waals surface area contributed by atoms with Crippen LogP contribution < -0.4 is 9.47 Å². The molecule has 0 bridgehead atoms. The van der Waals surface area contributed by atoms with Gasteiger partial charge in [0.05, 0.1) is 5.71 Å². The molecule has 1 unspecified atom stereocenters. The van der Waals surface area contributed by atoms with Crippen LogP contribution in [0.15, 0.2) is 41.6 Å². The summed E-state index contributed by atoms with van der Waals surface area (Å²) in [5.74, 6) is -0.815. The summed E-state index contributed by atoms with van der Waals surface area (Å²) in [5.41, 5.74) is 1.12. The summed E-state index contributed by atoms with van der Waals surface area (Å²) in [6.45, 7) is 7.78. The molecule has 0 saturated carbocycles. The molecule has 0 aliphatic carbocycles. The highest BCUT2D eigenvalue weighted by Gasteiger charge is 2.25. The molecule has 13 heteroatoms. The Morgan fingerprint density at radius 2 is 1.83 bits per heavy atom. The van der Waals surface area contributed by atoms with Gasteiger partial charge in [0.25, 0.3) is 0 Å². The molecule has 0 radical (unpaired) electrons. The second-order valence-electron chi connectivity index (χ2n) is 10.8. The number of rotatable bonds is 14. The number of piperidine rings is 1. The van der Waals surface area contributed by atoms with Crippen LogP contribution in [-0.4, -0.2) is 98.5 Å². The van der Waals surface area contributed by atoms with E-state index in [-0.39, 0.29) is 43.8 Å². The molecule has 0 aromatic heterocycles. The molecule has 2 aliphatic rings. The summed E-state index contributed by atoms with van der Waals surface area (Å²) in [7, 11) is 0. The Hall–Kier alpha value is -3.16. The molecule has 46 heavy (non-hydrogen) atoms. The van der Waals surface area contributed by atoms with Gasteiger partial charge in [-0.25, -0.2) is 4.79 Å². The number of fused-ring (bicyclic) bond motifs is 1. The molecule has 1 aromatic rings. The van der Waals surface area contributed by atoms with Crippen molar-refractivity contribution in [1.29, 1.82) is 0 Å². The van der Waals surface area contributed by atoms with Gasteiger partial charge in [-0.3, -0.25) is 9.69 Å². The van der Waals surface area contributed by atoms with E-state index in [1.54, 1.807) is 43.4 Å². The molecule has 256 valence electrons. The Balaban J connectivity index is 2.01. The van der Waals surface area contributed by atoms with Gasteiger partial charge in [-0.1, -0.05) is 23.7 Å². The zero-order valence-electron chi connectivity index (χ0n) is 27.0.